The second kappa shape index (κ2) is 9.24. The summed E-state index contributed by atoms with van der Waals surface area (Å²) in [5.74, 6) is -1.65. The van der Waals surface area contributed by atoms with E-state index in [1.165, 1.54) is 6.92 Å². The lowest BCUT2D eigenvalue weighted by atomic mass is 10.1. The number of fused-ring (bicyclic) bond motifs is 1. The normalized spacial score (nSPS) is 11.1. The molecule has 2 aromatic carbocycles. The summed E-state index contributed by atoms with van der Waals surface area (Å²) < 4.78 is 5.42. The van der Waals surface area contributed by atoms with Gasteiger partial charge in [-0.05, 0) is 29.8 Å². The minimum atomic E-state index is -1.15. The van der Waals surface area contributed by atoms with Gasteiger partial charge in [0.2, 0.25) is 5.91 Å². The lowest BCUT2D eigenvalue weighted by molar-refractivity contribution is -0.138. The third-order valence-corrected chi connectivity index (χ3v) is 3.28. The SMILES string of the molecule is C[C@H](NC(=O)COc1ccc2ccccc2c1)C(=O)NCC(=O)O.O. The van der Waals surface area contributed by atoms with Gasteiger partial charge in [0.25, 0.3) is 5.91 Å². The average molecular weight is 348 g/mol. The van der Waals surface area contributed by atoms with Gasteiger partial charge in [-0.1, -0.05) is 30.3 Å². The molecular formula is C17H20N2O6. The van der Waals surface area contributed by atoms with Crippen molar-refractivity contribution in [3.8, 4) is 5.75 Å². The molecule has 0 bridgehead atoms. The molecule has 2 aromatic rings. The number of rotatable bonds is 7. The number of benzene rings is 2. The van der Waals surface area contributed by atoms with Crippen molar-refractivity contribution in [1.29, 1.82) is 0 Å². The molecule has 5 N–H and O–H groups in total. The smallest absolute Gasteiger partial charge is 0.322 e. The molecule has 0 saturated carbocycles. The van der Waals surface area contributed by atoms with E-state index < -0.39 is 30.4 Å². The lowest BCUT2D eigenvalue weighted by Gasteiger charge is -2.14. The van der Waals surface area contributed by atoms with Gasteiger partial charge in [0.05, 0.1) is 0 Å². The van der Waals surface area contributed by atoms with Crippen LogP contribution in [-0.2, 0) is 14.4 Å². The molecule has 0 spiro atoms. The summed E-state index contributed by atoms with van der Waals surface area (Å²) in [6, 6.07) is 12.4. The largest absolute Gasteiger partial charge is 0.484 e. The third kappa shape index (κ3) is 6.11. The summed E-state index contributed by atoms with van der Waals surface area (Å²) in [5, 5.41) is 15.2. The molecule has 1 atom stereocenters. The Morgan fingerprint density at radius 1 is 1.12 bits per heavy atom. The van der Waals surface area contributed by atoms with Gasteiger partial charge in [-0.3, -0.25) is 14.4 Å². The van der Waals surface area contributed by atoms with Gasteiger partial charge >= 0.3 is 5.97 Å². The third-order valence-electron chi connectivity index (χ3n) is 3.28. The standard InChI is InChI=1S/C17H18N2O5.H2O/c1-11(17(23)18-9-16(21)22)19-15(20)10-24-14-7-6-12-4-2-3-5-13(12)8-14;/h2-8,11H,9-10H2,1H3,(H,18,23)(H,19,20)(H,21,22);1H2/t11-;/m0./s1. The average Bonchev–Trinajstić information content (AvgIpc) is 2.57. The molecule has 0 unspecified atom stereocenters. The highest BCUT2D eigenvalue weighted by molar-refractivity contribution is 5.89. The minimum absolute atomic E-state index is 0. The number of carboxylic acids is 1. The fourth-order valence-electron chi connectivity index (χ4n) is 2.07. The number of amides is 2. The molecule has 0 aromatic heterocycles. The summed E-state index contributed by atoms with van der Waals surface area (Å²) >= 11 is 0. The summed E-state index contributed by atoms with van der Waals surface area (Å²) in [7, 11) is 0. The van der Waals surface area contributed by atoms with E-state index in [1.54, 1.807) is 6.07 Å². The molecule has 0 aliphatic rings. The molecular weight excluding hydrogens is 328 g/mol. The Labute approximate surface area is 144 Å². The zero-order valence-electron chi connectivity index (χ0n) is 13.6. The Balaban J connectivity index is 0.00000312. The summed E-state index contributed by atoms with van der Waals surface area (Å²) in [5.41, 5.74) is 0. The molecule has 8 nitrogen and oxygen atoms in total. The lowest BCUT2D eigenvalue weighted by Crippen LogP contribution is -2.47. The van der Waals surface area contributed by atoms with Crippen LogP contribution in [0, 0.1) is 0 Å². The Bertz CT molecular complexity index is 762. The van der Waals surface area contributed by atoms with Gasteiger partial charge in [-0.2, -0.15) is 0 Å². The van der Waals surface area contributed by atoms with E-state index in [-0.39, 0.29) is 12.1 Å². The van der Waals surface area contributed by atoms with Crippen molar-refractivity contribution >= 4 is 28.6 Å². The van der Waals surface area contributed by atoms with Crippen molar-refractivity contribution in [3.63, 3.8) is 0 Å². The zero-order valence-corrected chi connectivity index (χ0v) is 13.6. The first-order valence-electron chi connectivity index (χ1n) is 7.36. The number of carboxylic acid groups (broad SMARTS) is 1. The summed E-state index contributed by atoms with van der Waals surface area (Å²) in [6.07, 6.45) is 0. The van der Waals surface area contributed by atoms with E-state index in [9.17, 15) is 14.4 Å². The molecule has 0 saturated heterocycles. The van der Waals surface area contributed by atoms with Crippen molar-refractivity contribution < 1.29 is 29.7 Å². The van der Waals surface area contributed by atoms with E-state index in [0.29, 0.717) is 5.75 Å². The molecule has 0 heterocycles. The van der Waals surface area contributed by atoms with E-state index in [0.717, 1.165) is 10.8 Å². The quantitative estimate of drug-likeness (QED) is 0.652. The molecule has 0 fully saturated rings. The number of ether oxygens (including phenoxy) is 1. The fraction of sp³-hybridized carbons (Fsp3) is 0.235. The number of carbonyl (C=O) groups excluding carboxylic acids is 2. The van der Waals surface area contributed by atoms with Crippen LogP contribution < -0.4 is 15.4 Å². The van der Waals surface area contributed by atoms with Crippen LogP contribution >= 0.6 is 0 Å². The Morgan fingerprint density at radius 2 is 1.80 bits per heavy atom. The fourth-order valence-corrected chi connectivity index (χ4v) is 2.07. The van der Waals surface area contributed by atoms with Crippen LogP contribution in [0.2, 0.25) is 0 Å². The highest BCUT2D eigenvalue weighted by Gasteiger charge is 2.16. The first-order valence-corrected chi connectivity index (χ1v) is 7.36. The van der Waals surface area contributed by atoms with Gasteiger partial charge in [-0.15, -0.1) is 0 Å². The molecule has 0 radical (unpaired) electrons. The number of carbonyl (C=O) groups is 3. The number of hydrogen-bond acceptors (Lipinski definition) is 4. The first-order chi connectivity index (χ1) is 11.5. The zero-order chi connectivity index (χ0) is 17.5. The maximum Gasteiger partial charge on any atom is 0.322 e. The molecule has 25 heavy (non-hydrogen) atoms. The number of nitrogens with one attached hydrogen (secondary N) is 2. The predicted octanol–water partition coefficient (Wildman–Crippen LogP) is 0.0994. The Morgan fingerprint density at radius 3 is 2.48 bits per heavy atom. The van der Waals surface area contributed by atoms with E-state index >= 15 is 0 Å². The predicted molar refractivity (Wildman–Crippen MR) is 91.3 cm³/mol. The molecule has 8 heteroatoms. The molecule has 0 aliphatic carbocycles. The summed E-state index contributed by atoms with van der Waals surface area (Å²) in [6.45, 7) is 0.729. The van der Waals surface area contributed by atoms with E-state index in [1.807, 2.05) is 36.4 Å². The first kappa shape index (κ1) is 19.9. The highest BCUT2D eigenvalue weighted by atomic mass is 16.5. The second-order valence-electron chi connectivity index (χ2n) is 5.20. The second-order valence-corrected chi connectivity index (χ2v) is 5.20. The topological polar surface area (TPSA) is 136 Å². The maximum absolute atomic E-state index is 11.8. The highest BCUT2D eigenvalue weighted by Crippen LogP contribution is 2.20. The van der Waals surface area contributed by atoms with Crippen molar-refractivity contribution in [2.45, 2.75) is 13.0 Å². The van der Waals surface area contributed by atoms with Gasteiger partial charge < -0.3 is 26.0 Å². The number of hydrogen-bond donors (Lipinski definition) is 3. The van der Waals surface area contributed by atoms with Gasteiger partial charge in [-0.25, -0.2) is 0 Å². The number of aliphatic carboxylic acids is 1. The maximum atomic E-state index is 11.8. The van der Waals surface area contributed by atoms with Crippen molar-refractivity contribution in [2.24, 2.45) is 0 Å². The molecule has 2 rings (SSSR count). The Kier molecular flexibility index (Phi) is 7.36. The van der Waals surface area contributed by atoms with Crippen LogP contribution in [0.3, 0.4) is 0 Å². The van der Waals surface area contributed by atoms with Crippen molar-refractivity contribution in [1.82, 2.24) is 10.6 Å². The monoisotopic (exact) mass is 348 g/mol. The van der Waals surface area contributed by atoms with Crippen LogP contribution in [0.4, 0.5) is 0 Å². The van der Waals surface area contributed by atoms with Gasteiger partial charge in [0, 0.05) is 0 Å². The molecule has 0 aliphatic heterocycles. The van der Waals surface area contributed by atoms with Crippen LogP contribution in [0.1, 0.15) is 6.92 Å². The van der Waals surface area contributed by atoms with Crippen molar-refractivity contribution in [3.05, 3.63) is 42.5 Å². The van der Waals surface area contributed by atoms with E-state index in [2.05, 4.69) is 10.6 Å². The van der Waals surface area contributed by atoms with Gasteiger partial charge in [0.15, 0.2) is 6.61 Å². The van der Waals surface area contributed by atoms with Crippen LogP contribution in [-0.4, -0.2) is 47.6 Å². The van der Waals surface area contributed by atoms with E-state index in [4.69, 9.17) is 9.84 Å². The van der Waals surface area contributed by atoms with Crippen LogP contribution in [0.5, 0.6) is 5.75 Å². The van der Waals surface area contributed by atoms with Gasteiger partial charge in [0.1, 0.15) is 18.3 Å². The van der Waals surface area contributed by atoms with Crippen LogP contribution in [0.15, 0.2) is 42.5 Å². The molecule has 2 amide bonds. The van der Waals surface area contributed by atoms with Crippen molar-refractivity contribution in [2.75, 3.05) is 13.2 Å². The van der Waals surface area contributed by atoms with Crippen LogP contribution in [0.25, 0.3) is 10.8 Å². The molecule has 134 valence electrons. The summed E-state index contributed by atoms with van der Waals surface area (Å²) in [4.78, 5) is 33.8. The Hall–Kier alpha value is -3.13. The minimum Gasteiger partial charge on any atom is -0.484 e.